The summed E-state index contributed by atoms with van der Waals surface area (Å²) in [5.41, 5.74) is 6.51. The number of aliphatic carboxylic acids is 1. The summed E-state index contributed by atoms with van der Waals surface area (Å²) in [6, 6.07) is 6.71. The molecule has 1 rings (SSSR count). The summed E-state index contributed by atoms with van der Waals surface area (Å²) < 4.78 is 0. The van der Waals surface area contributed by atoms with Crippen LogP contribution in [0.25, 0.3) is 0 Å². The van der Waals surface area contributed by atoms with E-state index < -0.39 is 5.97 Å². The third-order valence-electron chi connectivity index (χ3n) is 2.20. The lowest BCUT2D eigenvalue weighted by molar-refractivity contribution is -0.137. The van der Waals surface area contributed by atoms with Crippen LogP contribution in [0.2, 0.25) is 0 Å². The number of carbonyl (C=O) groups is 1. The van der Waals surface area contributed by atoms with E-state index in [0.717, 1.165) is 5.56 Å². The molecule has 0 heterocycles. The number of carboxylic acids is 1. The molecule has 4 N–H and O–H groups in total. The molecule has 0 amide bonds. The van der Waals surface area contributed by atoms with Gasteiger partial charge in [-0.1, -0.05) is 18.2 Å². The minimum absolute atomic E-state index is 0.0642. The van der Waals surface area contributed by atoms with Crippen molar-refractivity contribution in [3.63, 3.8) is 0 Å². The van der Waals surface area contributed by atoms with Gasteiger partial charge >= 0.3 is 5.97 Å². The summed E-state index contributed by atoms with van der Waals surface area (Å²) in [5, 5.41) is 17.9. The van der Waals surface area contributed by atoms with Crippen LogP contribution in [0.3, 0.4) is 0 Å². The first kappa shape index (κ1) is 11.5. The van der Waals surface area contributed by atoms with Crippen LogP contribution in [0, 0.1) is 0 Å². The quantitative estimate of drug-likeness (QED) is 0.678. The maximum Gasteiger partial charge on any atom is 0.303 e. The number of benzene rings is 1. The van der Waals surface area contributed by atoms with Crippen molar-refractivity contribution in [2.45, 2.75) is 25.3 Å². The largest absolute Gasteiger partial charge is 0.508 e. The number of rotatable bonds is 5. The fourth-order valence-electron chi connectivity index (χ4n) is 1.38. The monoisotopic (exact) mass is 209 g/mol. The van der Waals surface area contributed by atoms with Crippen LogP contribution in [-0.4, -0.2) is 22.2 Å². The Labute approximate surface area is 88.3 Å². The van der Waals surface area contributed by atoms with Gasteiger partial charge < -0.3 is 15.9 Å². The highest BCUT2D eigenvalue weighted by atomic mass is 16.4. The smallest absolute Gasteiger partial charge is 0.303 e. The molecule has 0 fully saturated rings. The molecular weight excluding hydrogens is 194 g/mol. The van der Waals surface area contributed by atoms with Crippen molar-refractivity contribution >= 4 is 5.97 Å². The number of para-hydroxylation sites is 1. The Morgan fingerprint density at radius 3 is 2.67 bits per heavy atom. The number of carboxylic acid groups (broad SMARTS) is 1. The zero-order valence-electron chi connectivity index (χ0n) is 8.39. The van der Waals surface area contributed by atoms with E-state index in [4.69, 9.17) is 10.8 Å². The van der Waals surface area contributed by atoms with Gasteiger partial charge in [-0.05, 0) is 24.5 Å². The van der Waals surface area contributed by atoms with Gasteiger partial charge in [0.25, 0.3) is 0 Å². The van der Waals surface area contributed by atoms with Crippen LogP contribution in [-0.2, 0) is 11.2 Å². The second kappa shape index (κ2) is 5.36. The highest BCUT2D eigenvalue weighted by Crippen LogP contribution is 2.17. The van der Waals surface area contributed by atoms with Crippen molar-refractivity contribution < 1.29 is 15.0 Å². The van der Waals surface area contributed by atoms with Gasteiger partial charge in [0.1, 0.15) is 5.75 Å². The lowest BCUT2D eigenvalue weighted by Gasteiger charge is -2.11. The average Bonchev–Trinajstić information content (AvgIpc) is 2.18. The summed E-state index contributed by atoms with van der Waals surface area (Å²) in [7, 11) is 0. The summed E-state index contributed by atoms with van der Waals surface area (Å²) in [6.45, 7) is 0. The number of hydrogen-bond acceptors (Lipinski definition) is 3. The fraction of sp³-hybridized carbons (Fsp3) is 0.364. The minimum atomic E-state index is -0.845. The number of phenolic OH excluding ortho intramolecular Hbond substituents is 1. The zero-order chi connectivity index (χ0) is 11.3. The Morgan fingerprint density at radius 2 is 2.07 bits per heavy atom. The van der Waals surface area contributed by atoms with Crippen LogP contribution >= 0.6 is 0 Å². The standard InChI is InChI=1S/C11H15NO3/c12-9(5-6-11(14)15)7-8-3-1-2-4-10(8)13/h1-4,9,13H,5-7,12H2,(H,14,15). The lowest BCUT2D eigenvalue weighted by Crippen LogP contribution is -2.23. The summed E-state index contributed by atoms with van der Waals surface area (Å²) in [5.74, 6) is -0.633. The molecule has 1 aromatic carbocycles. The number of aromatic hydroxyl groups is 1. The van der Waals surface area contributed by atoms with E-state index in [0.29, 0.717) is 12.8 Å². The molecule has 82 valence electrons. The summed E-state index contributed by atoms with van der Waals surface area (Å²) >= 11 is 0. The molecule has 0 aliphatic rings. The van der Waals surface area contributed by atoms with E-state index in [-0.39, 0.29) is 18.2 Å². The second-order valence-electron chi connectivity index (χ2n) is 3.53. The van der Waals surface area contributed by atoms with E-state index in [1.54, 1.807) is 18.2 Å². The first-order valence-electron chi connectivity index (χ1n) is 4.84. The fourth-order valence-corrected chi connectivity index (χ4v) is 1.38. The predicted octanol–water partition coefficient (Wildman–Crippen LogP) is 1.13. The Bertz CT molecular complexity index is 338. The van der Waals surface area contributed by atoms with Crippen LogP contribution in [0.1, 0.15) is 18.4 Å². The third kappa shape index (κ3) is 3.99. The van der Waals surface area contributed by atoms with E-state index in [2.05, 4.69) is 0 Å². The molecular formula is C11H15NO3. The van der Waals surface area contributed by atoms with E-state index in [1.807, 2.05) is 6.07 Å². The van der Waals surface area contributed by atoms with Gasteiger partial charge in [0.05, 0.1) is 0 Å². The number of phenols is 1. The molecule has 0 bridgehead atoms. The van der Waals surface area contributed by atoms with Crippen LogP contribution in [0.4, 0.5) is 0 Å². The Morgan fingerprint density at radius 1 is 1.40 bits per heavy atom. The molecule has 1 atom stereocenters. The Balaban J connectivity index is 2.47. The van der Waals surface area contributed by atoms with Crippen LogP contribution < -0.4 is 5.73 Å². The molecule has 0 saturated heterocycles. The molecule has 4 nitrogen and oxygen atoms in total. The van der Waals surface area contributed by atoms with Crippen molar-refractivity contribution in [3.05, 3.63) is 29.8 Å². The highest BCUT2D eigenvalue weighted by Gasteiger charge is 2.09. The molecule has 1 unspecified atom stereocenters. The Kier molecular flexibility index (Phi) is 4.12. The number of nitrogens with two attached hydrogens (primary N) is 1. The van der Waals surface area contributed by atoms with E-state index in [9.17, 15) is 9.90 Å². The topological polar surface area (TPSA) is 83.6 Å². The van der Waals surface area contributed by atoms with Crippen molar-refractivity contribution in [3.8, 4) is 5.75 Å². The van der Waals surface area contributed by atoms with E-state index >= 15 is 0 Å². The van der Waals surface area contributed by atoms with Crippen molar-refractivity contribution in [1.29, 1.82) is 0 Å². The normalized spacial score (nSPS) is 12.3. The molecule has 0 aromatic heterocycles. The minimum Gasteiger partial charge on any atom is -0.508 e. The molecule has 4 heteroatoms. The van der Waals surface area contributed by atoms with Crippen molar-refractivity contribution in [2.75, 3.05) is 0 Å². The van der Waals surface area contributed by atoms with Gasteiger partial charge in [-0.25, -0.2) is 0 Å². The Hall–Kier alpha value is -1.55. The van der Waals surface area contributed by atoms with Gasteiger partial charge in [0.15, 0.2) is 0 Å². The molecule has 15 heavy (non-hydrogen) atoms. The first-order valence-corrected chi connectivity index (χ1v) is 4.84. The predicted molar refractivity (Wildman–Crippen MR) is 56.7 cm³/mol. The third-order valence-corrected chi connectivity index (χ3v) is 2.20. The maximum atomic E-state index is 10.3. The number of hydrogen-bond donors (Lipinski definition) is 3. The van der Waals surface area contributed by atoms with Gasteiger partial charge in [0.2, 0.25) is 0 Å². The van der Waals surface area contributed by atoms with Gasteiger partial charge in [0, 0.05) is 12.5 Å². The SMILES string of the molecule is NC(CCC(=O)O)Cc1ccccc1O. The first-order chi connectivity index (χ1) is 7.09. The maximum absolute atomic E-state index is 10.3. The molecule has 0 aliphatic carbocycles. The van der Waals surface area contributed by atoms with Crippen LogP contribution in [0.15, 0.2) is 24.3 Å². The molecule has 1 aromatic rings. The lowest BCUT2D eigenvalue weighted by atomic mass is 10.0. The van der Waals surface area contributed by atoms with Gasteiger partial charge in [-0.15, -0.1) is 0 Å². The van der Waals surface area contributed by atoms with Gasteiger partial charge in [-0.3, -0.25) is 4.79 Å². The molecule has 0 spiro atoms. The second-order valence-corrected chi connectivity index (χ2v) is 3.53. The molecule has 0 saturated carbocycles. The van der Waals surface area contributed by atoms with Crippen molar-refractivity contribution in [2.24, 2.45) is 5.73 Å². The zero-order valence-corrected chi connectivity index (χ0v) is 8.39. The summed E-state index contributed by atoms with van der Waals surface area (Å²) in [6.07, 6.45) is 0.985. The van der Waals surface area contributed by atoms with Crippen LogP contribution in [0.5, 0.6) is 5.75 Å². The highest BCUT2D eigenvalue weighted by molar-refractivity contribution is 5.66. The molecule has 0 aliphatic heterocycles. The molecule has 0 radical (unpaired) electrons. The van der Waals surface area contributed by atoms with Gasteiger partial charge in [-0.2, -0.15) is 0 Å². The van der Waals surface area contributed by atoms with E-state index in [1.165, 1.54) is 0 Å². The summed E-state index contributed by atoms with van der Waals surface area (Å²) in [4.78, 5) is 10.3. The average molecular weight is 209 g/mol. The van der Waals surface area contributed by atoms with Crippen molar-refractivity contribution in [1.82, 2.24) is 0 Å².